The number of hydrogen-bond donors (Lipinski definition) is 1. The summed E-state index contributed by atoms with van der Waals surface area (Å²) in [6.45, 7) is 0. The number of hydrogen-bond acceptors (Lipinski definition) is 4. The van der Waals surface area contributed by atoms with Crippen LogP contribution in [0.25, 0.3) is 0 Å². The van der Waals surface area contributed by atoms with Gasteiger partial charge in [0.05, 0.1) is 18.5 Å². The number of anilines is 2. The second-order valence-electron chi connectivity index (χ2n) is 4.40. The molecule has 0 unspecified atom stereocenters. The van der Waals surface area contributed by atoms with E-state index < -0.39 is 16.1 Å². The third kappa shape index (κ3) is 2.11. The van der Waals surface area contributed by atoms with E-state index >= 15 is 0 Å². The second-order valence-corrected chi connectivity index (χ2v) is 6.15. The van der Waals surface area contributed by atoms with E-state index in [2.05, 4.69) is 5.32 Å². The quantitative estimate of drug-likeness (QED) is 0.924. The number of para-hydroxylation sites is 1. The zero-order chi connectivity index (χ0) is 15.0. The Morgan fingerprint density at radius 2 is 1.86 bits per heavy atom. The number of sulfonamides is 1. The molecule has 2 aromatic rings. The lowest BCUT2D eigenvalue weighted by atomic mass is 10.3. The summed E-state index contributed by atoms with van der Waals surface area (Å²) >= 11 is 0. The molecule has 0 atom stereocenters. The molecule has 6 nitrogen and oxygen atoms in total. The van der Waals surface area contributed by atoms with Crippen LogP contribution in [0.4, 0.5) is 16.2 Å². The van der Waals surface area contributed by atoms with Crippen molar-refractivity contribution in [3.63, 3.8) is 0 Å². The molecular formula is C14H12N2O4S. The van der Waals surface area contributed by atoms with Crippen LogP contribution in [0.1, 0.15) is 0 Å². The van der Waals surface area contributed by atoms with E-state index in [1.54, 1.807) is 30.3 Å². The van der Waals surface area contributed by atoms with Crippen LogP contribution < -0.4 is 14.4 Å². The van der Waals surface area contributed by atoms with E-state index in [1.807, 2.05) is 0 Å². The molecule has 3 rings (SSSR count). The zero-order valence-electron chi connectivity index (χ0n) is 11.1. The molecule has 0 spiro atoms. The van der Waals surface area contributed by atoms with Gasteiger partial charge in [-0.25, -0.2) is 13.2 Å². The molecule has 0 saturated carbocycles. The molecule has 7 heteroatoms. The van der Waals surface area contributed by atoms with Gasteiger partial charge in [0.25, 0.3) is 10.0 Å². The van der Waals surface area contributed by atoms with Gasteiger partial charge in [-0.3, -0.25) is 0 Å². The standard InChI is InChI=1S/C14H12N2O4S/c1-20-11-6-4-5-10(9-11)16-14(17)15-12-7-2-3-8-13(12)21(16,18)19/h2-9H,1H3,(H,15,17). The minimum atomic E-state index is -3.94. The Labute approximate surface area is 122 Å². The fraction of sp³-hybridized carbons (Fsp3) is 0.0714. The smallest absolute Gasteiger partial charge is 0.340 e. The van der Waals surface area contributed by atoms with Crippen LogP contribution in [0.5, 0.6) is 5.75 Å². The molecule has 0 bridgehead atoms. The van der Waals surface area contributed by atoms with Gasteiger partial charge in [-0.15, -0.1) is 0 Å². The monoisotopic (exact) mass is 304 g/mol. The lowest BCUT2D eigenvalue weighted by Crippen LogP contribution is -2.44. The first-order valence-electron chi connectivity index (χ1n) is 6.13. The molecule has 0 fully saturated rings. The predicted octanol–water partition coefficient (Wildman–Crippen LogP) is 2.44. The van der Waals surface area contributed by atoms with Gasteiger partial charge in [-0.2, -0.15) is 4.31 Å². The van der Waals surface area contributed by atoms with E-state index in [-0.39, 0.29) is 16.3 Å². The van der Waals surface area contributed by atoms with E-state index in [4.69, 9.17) is 4.74 Å². The molecule has 1 heterocycles. The highest BCUT2D eigenvalue weighted by Gasteiger charge is 2.37. The fourth-order valence-electron chi connectivity index (χ4n) is 2.16. The van der Waals surface area contributed by atoms with Crippen LogP contribution >= 0.6 is 0 Å². The molecule has 2 amide bonds. The second kappa shape index (κ2) is 4.78. The summed E-state index contributed by atoms with van der Waals surface area (Å²) in [6, 6.07) is 11.9. The number of carbonyl (C=O) groups is 1. The van der Waals surface area contributed by atoms with Crippen molar-refractivity contribution < 1.29 is 17.9 Å². The van der Waals surface area contributed by atoms with Gasteiger partial charge in [0, 0.05) is 6.07 Å². The van der Waals surface area contributed by atoms with Gasteiger partial charge in [-0.05, 0) is 24.3 Å². The molecule has 21 heavy (non-hydrogen) atoms. The first-order chi connectivity index (χ1) is 10.0. The molecule has 2 aromatic carbocycles. The number of methoxy groups -OCH3 is 1. The average Bonchev–Trinajstić information content (AvgIpc) is 2.47. The van der Waals surface area contributed by atoms with Crippen molar-refractivity contribution >= 4 is 27.4 Å². The van der Waals surface area contributed by atoms with Crippen molar-refractivity contribution in [1.82, 2.24) is 0 Å². The van der Waals surface area contributed by atoms with Crippen LogP contribution in [0.15, 0.2) is 53.4 Å². The maximum Gasteiger partial charge on any atom is 0.340 e. The minimum absolute atomic E-state index is 0.0624. The van der Waals surface area contributed by atoms with E-state index in [1.165, 1.54) is 25.3 Å². The topological polar surface area (TPSA) is 75.7 Å². The number of carbonyl (C=O) groups excluding carboxylic acids is 1. The van der Waals surface area contributed by atoms with Crippen molar-refractivity contribution in [2.75, 3.05) is 16.7 Å². The van der Waals surface area contributed by atoms with Gasteiger partial charge in [-0.1, -0.05) is 18.2 Å². The molecule has 108 valence electrons. The lowest BCUT2D eigenvalue weighted by molar-refractivity contribution is 0.259. The summed E-state index contributed by atoms with van der Waals surface area (Å²) in [5.74, 6) is 0.467. The molecule has 0 radical (unpaired) electrons. The van der Waals surface area contributed by atoms with Crippen molar-refractivity contribution in [2.45, 2.75) is 4.90 Å². The Balaban J connectivity index is 2.17. The van der Waals surface area contributed by atoms with Crippen molar-refractivity contribution in [3.05, 3.63) is 48.5 Å². The zero-order valence-corrected chi connectivity index (χ0v) is 11.9. The maximum absolute atomic E-state index is 12.6. The molecule has 1 aliphatic heterocycles. The van der Waals surface area contributed by atoms with Gasteiger partial charge in [0.1, 0.15) is 10.6 Å². The molecule has 0 aliphatic carbocycles. The Morgan fingerprint density at radius 1 is 1.10 bits per heavy atom. The van der Waals surface area contributed by atoms with Crippen LogP contribution in [0, 0.1) is 0 Å². The number of urea groups is 1. The Bertz CT molecular complexity index is 817. The molecule has 0 aromatic heterocycles. The van der Waals surface area contributed by atoms with Crippen molar-refractivity contribution in [3.8, 4) is 5.75 Å². The highest BCUT2D eigenvalue weighted by atomic mass is 32.2. The Kier molecular flexibility index (Phi) is 3.06. The summed E-state index contributed by atoms with van der Waals surface area (Å²) in [5.41, 5.74) is 0.503. The van der Waals surface area contributed by atoms with Gasteiger partial charge in [0.15, 0.2) is 0 Å². The van der Waals surface area contributed by atoms with Gasteiger partial charge in [0.2, 0.25) is 0 Å². The van der Waals surface area contributed by atoms with Gasteiger partial charge >= 0.3 is 6.03 Å². The lowest BCUT2D eigenvalue weighted by Gasteiger charge is -2.28. The molecular weight excluding hydrogens is 292 g/mol. The average molecular weight is 304 g/mol. The summed E-state index contributed by atoms with van der Waals surface area (Å²) in [6.07, 6.45) is 0. The van der Waals surface area contributed by atoms with Crippen molar-refractivity contribution in [1.29, 1.82) is 0 Å². The highest BCUT2D eigenvalue weighted by Crippen LogP contribution is 2.34. The van der Waals surface area contributed by atoms with Crippen LogP contribution in [-0.2, 0) is 10.0 Å². The third-order valence-corrected chi connectivity index (χ3v) is 4.89. The van der Waals surface area contributed by atoms with Crippen molar-refractivity contribution in [2.24, 2.45) is 0 Å². The summed E-state index contributed by atoms with van der Waals surface area (Å²) in [5, 5.41) is 2.57. The number of nitrogens with one attached hydrogen (secondary N) is 1. The molecule has 1 aliphatic rings. The number of amides is 2. The van der Waals surface area contributed by atoms with Crippen LogP contribution in [0.3, 0.4) is 0 Å². The van der Waals surface area contributed by atoms with Gasteiger partial charge < -0.3 is 10.1 Å². The van der Waals surface area contributed by atoms with E-state index in [0.717, 1.165) is 4.31 Å². The largest absolute Gasteiger partial charge is 0.497 e. The number of ether oxygens (including phenoxy) is 1. The number of nitrogens with zero attached hydrogens (tertiary/aromatic N) is 1. The molecule has 1 N–H and O–H groups in total. The third-order valence-electron chi connectivity index (χ3n) is 3.12. The Hall–Kier alpha value is -2.54. The minimum Gasteiger partial charge on any atom is -0.497 e. The Morgan fingerprint density at radius 3 is 2.62 bits per heavy atom. The fourth-order valence-corrected chi connectivity index (χ4v) is 3.66. The van der Waals surface area contributed by atoms with Crippen LogP contribution in [-0.4, -0.2) is 21.6 Å². The number of rotatable bonds is 2. The first-order valence-corrected chi connectivity index (χ1v) is 7.57. The summed E-state index contributed by atoms with van der Waals surface area (Å²) in [7, 11) is -2.47. The highest BCUT2D eigenvalue weighted by molar-refractivity contribution is 7.94. The van der Waals surface area contributed by atoms with E-state index in [0.29, 0.717) is 5.75 Å². The number of benzene rings is 2. The summed E-state index contributed by atoms with van der Waals surface area (Å²) in [4.78, 5) is 12.2. The van der Waals surface area contributed by atoms with Crippen LogP contribution in [0.2, 0.25) is 0 Å². The summed E-state index contributed by atoms with van der Waals surface area (Å²) < 4.78 is 31.1. The first kappa shape index (κ1) is 13.4. The molecule has 0 saturated heterocycles. The SMILES string of the molecule is COc1cccc(N2C(=O)Nc3ccccc3S2(=O)=O)c1. The van der Waals surface area contributed by atoms with E-state index in [9.17, 15) is 13.2 Å². The normalized spacial score (nSPS) is 16.0. The number of fused-ring (bicyclic) bond motifs is 1. The predicted molar refractivity (Wildman–Crippen MR) is 78.1 cm³/mol. The maximum atomic E-state index is 12.6.